The average Bonchev–Trinajstić information content (AvgIpc) is 3.29. The zero-order chi connectivity index (χ0) is 17.2. The van der Waals surface area contributed by atoms with E-state index in [0.29, 0.717) is 17.7 Å². The van der Waals surface area contributed by atoms with E-state index in [0.717, 1.165) is 17.7 Å². The Labute approximate surface area is 149 Å². The highest BCUT2D eigenvalue weighted by Crippen LogP contribution is 2.32. The van der Waals surface area contributed by atoms with Crippen LogP contribution in [0.1, 0.15) is 12.5 Å². The standard InChI is InChI=1S/C18H16N4O2S/c1-12(17(23)22-10-8-13-5-2-3-7-15(13)22)25-18-21-20-16(24-18)14-6-4-9-19-11-14/h2-7,9,11-12H,8,10H2,1H3. The van der Waals surface area contributed by atoms with Crippen molar-refractivity contribution < 1.29 is 9.21 Å². The van der Waals surface area contributed by atoms with E-state index >= 15 is 0 Å². The third kappa shape index (κ3) is 3.15. The summed E-state index contributed by atoms with van der Waals surface area (Å²) in [5, 5.41) is 8.13. The molecule has 1 atom stereocenters. The maximum atomic E-state index is 12.8. The number of carbonyl (C=O) groups excluding carboxylic acids is 1. The molecule has 4 rings (SSSR count). The quantitative estimate of drug-likeness (QED) is 0.672. The molecule has 1 aromatic carbocycles. The molecule has 0 bridgehead atoms. The second kappa shape index (κ2) is 6.68. The van der Waals surface area contributed by atoms with Crippen LogP contribution in [0, 0.1) is 0 Å². The number of nitrogens with zero attached hydrogens (tertiary/aromatic N) is 4. The average molecular weight is 352 g/mol. The van der Waals surface area contributed by atoms with E-state index in [1.54, 1.807) is 12.4 Å². The molecule has 0 aliphatic carbocycles. The molecule has 0 saturated heterocycles. The van der Waals surface area contributed by atoms with Gasteiger partial charge in [0, 0.05) is 24.6 Å². The van der Waals surface area contributed by atoms with Gasteiger partial charge in [-0.15, -0.1) is 10.2 Å². The van der Waals surface area contributed by atoms with E-state index in [4.69, 9.17) is 4.42 Å². The number of hydrogen-bond acceptors (Lipinski definition) is 6. The number of para-hydroxylation sites is 1. The molecular weight excluding hydrogens is 336 g/mol. The first kappa shape index (κ1) is 15.8. The van der Waals surface area contributed by atoms with Gasteiger partial charge in [0.25, 0.3) is 5.22 Å². The molecule has 1 unspecified atom stereocenters. The number of carbonyl (C=O) groups is 1. The molecule has 25 heavy (non-hydrogen) atoms. The van der Waals surface area contributed by atoms with Crippen LogP contribution in [-0.4, -0.2) is 32.9 Å². The minimum atomic E-state index is -0.312. The Morgan fingerprint density at radius 1 is 1.24 bits per heavy atom. The molecule has 1 aliphatic rings. The first-order valence-electron chi connectivity index (χ1n) is 8.02. The molecule has 1 aliphatic heterocycles. The summed E-state index contributed by atoms with van der Waals surface area (Å²) in [6.07, 6.45) is 4.24. The SMILES string of the molecule is CC(Sc1nnc(-c2cccnc2)o1)C(=O)N1CCc2ccccc21. The molecule has 126 valence electrons. The molecule has 6 nitrogen and oxygen atoms in total. The van der Waals surface area contributed by atoms with Gasteiger partial charge in [0.05, 0.1) is 10.8 Å². The third-order valence-corrected chi connectivity index (χ3v) is 5.02. The first-order valence-corrected chi connectivity index (χ1v) is 8.90. The molecule has 0 saturated carbocycles. The van der Waals surface area contributed by atoms with E-state index in [2.05, 4.69) is 21.2 Å². The highest BCUT2D eigenvalue weighted by molar-refractivity contribution is 8.00. The summed E-state index contributed by atoms with van der Waals surface area (Å²) in [6.45, 7) is 2.58. The Hall–Kier alpha value is -2.67. The number of rotatable bonds is 4. The summed E-state index contributed by atoms with van der Waals surface area (Å²) in [7, 11) is 0. The van der Waals surface area contributed by atoms with Gasteiger partial charge in [-0.3, -0.25) is 9.78 Å². The topological polar surface area (TPSA) is 72.1 Å². The minimum Gasteiger partial charge on any atom is -0.411 e. The van der Waals surface area contributed by atoms with Crippen molar-refractivity contribution in [3.8, 4) is 11.5 Å². The van der Waals surface area contributed by atoms with Crippen LogP contribution >= 0.6 is 11.8 Å². The van der Waals surface area contributed by atoms with Crippen molar-refractivity contribution in [2.24, 2.45) is 0 Å². The van der Waals surface area contributed by atoms with E-state index < -0.39 is 0 Å². The van der Waals surface area contributed by atoms with Crippen molar-refractivity contribution in [3.63, 3.8) is 0 Å². The van der Waals surface area contributed by atoms with Crippen molar-refractivity contribution in [2.45, 2.75) is 23.8 Å². The lowest BCUT2D eigenvalue weighted by molar-refractivity contribution is -0.117. The summed E-state index contributed by atoms with van der Waals surface area (Å²) in [4.78, 5) is 18.7. The molecule has 2 aromatic heterocycles. The van der Waals surface area contributed by atoms with Crippen molar-refractivity contribution >= 4 is 23.4 Å². The van der Waals surface area contributed by atoms with E-state index in [9.17, 15) is 4.79 Å². The van der Waals surface area contributed by atoms with Crippen molar-refractivity contribution in [3.05, 3.63) is 54.4 Å². The lowest BCUT2D eigenvalue weighted by atomic mass is 10.2. The Morgan fingerprint density at radius 3 is 2.96 bits per heavy atom. The maximum Gasteiger partial charge on any atom is 0.277 e. The lowest BCUT2D eigenvalue weighted by Gasteiger charge is -2.20. The van der Waals surface area contributed by atoms with Crippen LogP contribution in [0.3, 0.4) is 0 Å². The summed E-state index contributed by atoms with van der Waals surface area (Å²) < 4.78 is 5.65. The number of thioether (sulfide) groups is 1. The second-order valence-corrected chi connectivity index (χ2v) is 7.04. The molecule has 0 N–H and O–H groups in total. The Balaban J connectivity index is 1.47. The van der Waals surface area contributed by atoms with Crippen molar-refractivity contribution in [1.82, 2.24) is 15.2 Å². The Kier molecular flexibility index (Phi) is 4.23. The van der Waals surface area contributed by atoms with Crippen LogP contribution < -0.4 is 4.90 Å². The molecule has 1 amide bonds. The summed E-state index contributed by atoms with van der Waals surface area (Å²) in [5.41, 5.74) is 2.97. The van der Waals surface area contributed by atoms with Gasteiger partial charge in [0.15, 0.2) is 0 Å². The van der Waals surface area contributed by atoms with Gasteiger partial charge in [-0.1, -0.05) is 30.0 Å². The fourth-order valence-corrected chi connectivity index (χ4v) is 3.60. The molecule has 7 heteroatoms. The maximum absolute atomic E-state index is 12.8. The minimum absolute atomic E-state index is 0.0519. The number of hydrogen-bond donors (Lipinski definition) is 0. The smallest absolute Gasteiger partial charge is 0.277 e. The van der Waals surface area contributed by atoms with E-state index in [-0.39, 0.29) is 11.2 Å². The van der Waals surface area contributed by atoms with Gasteiger partial charge in [-0.2, -0.15) is 0 Å². The number of anilines is 1. The third-order valence-electron chi connectivity index (χ3n) is 4.09. The first-order chi connectivity index (χ1) is 12.2. The summed E-state index contributed by atoms with van der Waals surface area (Å²) in [5.74, 6) is 0.456. The van der Waals surface area contributed by atoms with Gasteiger partial charge < -0.3 is 9.32 Å². The Morgan fingerprint density at radius 2 is 2.12 bits per heavy atom. The van der Waals surface area contributed by atoms with Gasteiger partial charge in [0.2, 0.25) is 11.8 Å². The van der Waals surface area contributed by atoms with Crippen LogP contribution in [0.15, 0.2) is 58.4 Å². The predicted molar refractivity (Wildman–Crippen MR) is 95.3 cm³/mol. The van der Waals surface area contributed by atoms with Crippen LogP contribution in [0.2, 0.25) is 0 Å². The van der Waals surface area contributed by atoms with Crippen molar-refractivity contribution in [1.29, 1.82) is 0 Å². The van der Waals surface area contributed by atoms with Gasteiger partial charge in [0.1, 0.15) is 0 Å². The number of amides is 1. The largest absolute Gasteiger partial charge is 0.411 e. The van der Waals surface area contributed by atoms with Crippen LogP contribution in [0.4, 0.5) is 5.69 Å². The zero-order valence-corrected chi connectivity index (χ0v) is 14.4. The van der Waals surface area contributed by atoms with Gasteiger partial charge in [-0.25, -0.2) is 0 Å². The molecular formula is C18H16N4O2S. The second-order valence-electron chi connectivity index (χ2n) is 5.74. The van der Waals surface area contributed by atoms with E-state index in [1.807, 2.05) is 42.2 Å². The number of aromatic nitrogens is 3. The Bertz CT molecular complexity index is 897. The van der Waals surface area contributed by atoms with Crippen LogP contribution in [0.25, 0.3) is 11.5 Å². The fraction of sp³-hybridized carbons (Fsp3) is 0.222. The lowest BCUT2D eigenvalue weighted by Crippen LogP contribution is -2.35. The molecule has 3 aromatic rings. The zero-order valence-electron chi connectivity index (χ0n) is 13.6. The van der Waals surface area contributed by atoms with Gasteiger partial charge in [-0.05, 0) is 37.1 Å². The predicted octanol–water partition coefficient (Wildman–Crippen LogP) is 3.20. The number of fused-ring (bicyclic) bond motifs is 1. The number of pyridine rings is 1. The normalized spacial score (nSPS) is 14.4. The fourth-order valence-electron chi connectivity index (χ4n) is 2.85. The monoisotopic (exact) mass is 352 g/mol. The molecule has 0 fully saturated rings. The highest BCUT2D eigenvalue weighted by atomic mass is 32.2. The van der Waals surface area contributed by atoms with E-state index in [1.165, 1.54) is 17.3 Å². The van der Waals surface area contributed by atoms with Crippen molar-refractivity contribution in [2.75, 3.05) is 11.4 Å². The summed E-state index contributed by atoms with van der Waals surface area (Å²) >= 11 is 1.28. The molecule has 3 heterocycles. The van der Waals surface area contributed by atoms with Gasteiger partial charge >= 0.3 is 0 Å². The highest BCUT2D eigenvalue weighted by Gasteiger charge is 2.29. The van der Waals surface area contributed by atoms with Crippen LogP contribution in [-0.2, 0) is 11.2 Å². The number of benzene rings is 1. The molecule has 0 radical (unpaired) electrons. The summed E-state index contributed by atoms with van der Waals surface area (Å²) in [6, 6.07) is 11.7. The van der Waals surface area contributed by atoms with Crippen LogP contribution in [0.5, 0.6) is 0 Å². The molecule has 0 spiro atoms.